The average molecular weight is 605 g/mol. The number of fused-ring (bicyclic) bond motifs is 2. The number of amides is 2. The summed E-state index contributed by atoms with van der Waals surface area (Å²) >= 11 is 0. The van der Waals surface area contributed by atoms with Crippen LogP contribution in [0.4, 0.5) is 4.79 Å². The molecule has 1 unspecified atom stereocenters. The van der Waals surface area contributed by atoms with Crippen molar-refractivity contribution in [1.82, 2.24) is 19.7 Å². The highest BCUT2D eigenvalue weighted by atomic mass is 32.2. The van der Waals surface area contributed by atoms with Crippen LogP contribution in [-0.2, 0) is 40.5 Å². The van der Waals surface area contributed by atoms with Gasteiger partial charge in [0.05, 0.1) is 18.8 Å². The Hall–Kier alpha value is -3.30. The van der Waals surface area contributed by atoms with E-state index < -0.39 is 46.4 Å². The highest BCUT2D eigenvalue weighted by molar-refractivity contribution is 7.89. The van der Waals surface area contributed by atoms with Crippen LogP contribution in [0.2, 0.25) is 0 Å². The molecule has 2 bridgehead atoms. The first-order valence-electron chi connectivity index (χ1n) is 14.0. The summed E-state index contributed by atoms with van der Waals surface area (Å²) in [6.07, 6.45) is 3.27. The molecular weight excluding hydrogens is 568 g/mol. The van der Waals surface area contributed by atoms with Crippen molar-refractivity contribution in [1.29, 1.82) is 0 Å². The van der Waals surface area contributed by atoms with Crippen LogP contribution in [-0.4, -0.2) is 92.5 Å². The Morgan fingerprint density at radius 1 is 1.07 bits per heavy atom. The third-order valence-electron chi connectivity index (χ3n) is 7.58. The summed E-state index contributed by atoms with van der Waals surface area (Å²) in [4.78, 5) is 37.7. The smallest absolute Gasteiger partial charge is 0.410 e. The maximum Gasteiger partial charge on any atom is 0.410 e. The number of piperazine rings is 1. The van der Waals surface area contributed by atoms with Gasteiger partial charge < -0.3 is 18.9 Å². The van der Waals surface area contributed by atoms with Gasteiger partial charge in [0.25, 0.3) is 5.91 Å². The molecular formula is C28H36N4O9S. The molecule has 4 heterocycles. The molecule has 0 spiro atoms. The van der Waals surface area contributed by atoms with E-state index in [9.17, 15) is 18.0 Å². The summed E-state index contributed by atoms with van der Waals surface area (Å²) in [5.41, 5.74) is 3.35. The molecule has 5 rings (SSSR count). The van der Waals surface area contributed by atoms with E-state index in [0.29, 0.717) is 25.9 Å². The van der Waals surface area contributed by atoms with Gasteiger partial charge in [-0.3, -0.25) is 9.69 Å². The molecule has 1 N–H and O–H groups in total. The fourth-order valence-corrected chi connectivity index (χ4v) is 7.10. The average Bonchev–Trinajstić information content (AvgIpc) is 3.32. The van der Waals surface area contributed by atoms with E-state index in [4.69, 9.17) is 23.8 Å². The lowest BCUT2D eigenvalue weighted by Crippen LogP contribution is -2.66. The van der Waals surface area contributed by atoms with Crippen LogP contribution in [0.1, 0.15) is 37.7 Å². The van der Waals surface area contributed by atoms with Crippen LogP contribution in [0.5, 0.6) is 5.88 Å². The molecule has 4 atom stereocenters. The Bertz CT molecular complexity index is 1310. The van der Waals surface area contributed by atoms with Crippen molar-refractivity contribution in [3.8, 4) is 5.88 Å². The van der Waals surface area contributed by atoms with Crippen molar-refractivity contribution in [3.05, 3.63) is 54.2 Å². The number of carbonyl (C=O) groups is 2. The maximum absolute atomic E-state index is 14.0. The second-order valence-electron chi connectivity index (χ2n) is 10.3. The predicted molar refractivity (Wildman–Crippen MR) is 147 cm³/mol. The Labute approximate surface area is 245 Å². The number of nitrogens with zero attached hydrogens (tertiary/aromatic N) is 3. The van der Waals surface area contributed by atoms with E-state index in [1.54, 1.807) is 0 Å². The van der Waals surface area contributed by atoms with Crippen molar-refractivity contribution in [2.24, 2.45) is 0 Å². The number of pyridine rings is 1. The molecule has 3 aliphatic heterocycles. The standard InChI is InChI=1S/C28H36N4O9S/c1-37-15-16-39-28(34)32-21-10-12-23(32)26(27(33)30-41-25-9-5-6-14-38-25)31(18-21)42(35,36)22-11-13-24(29-17-22)40-19-20-7-3-2-4-8-20/h2-4,7-8,11,13,17,21,23,25-26H,5-6,9-10,12,14-16,18-19H2,1H3,(H,30,33)/t21-,23+,25?,26-/m1/s1. The molecule has 3 saturated heterocycles. The first-order valence-corrected chi connectivity index (χ1v) is 15.5. The Kier molecular flexibility index (Phi) is 9.90. The Morgan fingerprint density at radius 2 is 1.90 bits per heavy atom. The number of benzene rings is 1. The number of carbonyl (C=O) groups excluding carboxylic acids is 2. The molecule has 0 saturated carbocycles. The largest absolute Gasteiger partial charge is 0.473 e. The lowest BCUT2D eigenvalue weighted by atomic mass is 10.1. The summed E-state index contributed by atoms with van der Waals surface area (Å²) in [7, 11) is -2.72. The summed E-state index contributed by atoms with van der Waals surface area (Å²) in [6, 6.07) is 9.91. The van der Waals surface area contributed by atoms with E-state index in [2.05, 4.69) is 10.5 Å². The van der Waals surface area contributed by atoms with E-state index in [1.165, 1.54) is 30.3 Å². The summed E-state index contributed by atoms with van der Waals surface area (Å²) in [6.45, 7) is 0.943. The summed E-state index contributed by atoms with van der Waals surface area (Å²) in [5.74, 6) is -0.430. The second-order valence-corrected chi connectivity index (χ2v) is 12.2. The number of ether oxygens (including phenoxy) is 4. The van der Waals surface area contributed by atoms with Crippen molar-refractivity contribution in [2.75, 3.05) is 33.5 Å². The van der Waals surface area contributed by atoms with Gasteiger partial charge in [-0.25, -0.2) is 28.5 Å². The highest BCUT2D eigenvalue weighted by Crippen LogP contribution is 2.38. The second kappa shape index (κ2) is 13.8. The maximum atomic E-state index is 14.0. The third-order valence-corrected chi connectivity index (χ3v) is 9.41. The first kappa shape index (κ1) is 30.2. The molecule has 0 radical (unpaired) electrons. The van der Waals surface area contributed by atoms with Crippen molar-refractivity contribution >= 4 is 22.0 Å². The molecule has 42 heavy (non-hydrogen) atoms. The van der Waals surface area contributed by atoms with Crippen LogP contribution in [0.3, 0.4) is 0 Å². The van der Waals surface area contributed by atoms with Gasteiger partial charge in [-0.1, -0.05) is 30.3 Å². The minimum absolute atomic E-state index is 0.0383. The van der Waals surface area contributed by atoms with Gasteiger partial charge >= 0.3 is 6.09 Å². The Morgan fingerprint density at radius 3 is 2.62 bits per heavy atom. The molecule has 13 nitrogen and oxygen atoms in total. The lowest BCUT2D eigenvalue weighted by Gasteiger charge is -2.44. The quantitative estimate of drug-likeness (QED) is 0.299. The van der Waals surface area contributed by atoms with E-state index in [-0.39, 0.29) is 37.1 Å². The third kappa shape index (κ3) is 6.84. The Balaban J connectivity index is 1.35. The van der Waals surface area contributed by atoms with Crippen LogP contribution in [0, 0.1) is 0 Å². The molecule has 3 aliphatic rings. The molecule has 14 heteroatoms. The fraction of sp³-hybridized carbons (Fsp3) is 0.536. The predicted octanol–water partition coefficient (Wildman–Crippen LogP) is 2.22. The SMILES string of the molecule is COCCOC(=O)N1[C@@H]2CC[C@H]1[C@H](C(=O)NOC1CCCCO1)N(S(=O)(=O)c1ccc(OCc3ccccc3)nc1)C2. The number of methoxy groups -OCH3 is 1. The monoisotopic (exact) mass is 604 g/mol. The van der Waals surface area contributed by atoms with E-state index in [0.717, 1.165) is 22.7 Å². The fourth-order valence-electron chi connectivity index (χ4n) is 5.50. The number of sulfonamides is 1. The number of aromatic nitrogens is 1. The molecule has 2 amide bonds. The number of nitrogens with one attached hydrogen (secondary N) is 1. The van der Waals surface area contributed by atoms with Gasteiger partial charge in [-0.15, -0.1) is 0 Å². The van der Waals surface area contributed by atoms with Gasteiger partial charge in [-0.2, -0.15) is 4.31 Å². The summed E-state index contributed by atoms with van der Waals surface area (Å²) < 4.78 is 50.6. The van der Waals surface area contributed by atoms with Crippen LogP contribution < -0.4 is 10.2 Å². The van der Waals surface area contributed by atoms with Gasteiger partial charge in [-0.05, 0) is 37.3 Å². The number of hydrogen-bond donors (Lipinski definition) is 1. The van der Waals surface area contributed by atoms with Crippen molar-refractivity contribution in [3.63, 3.8) is 0 Å². The van der Waals surface area contributed by atoms with Gasteiger partial charge in [0, 0.05) is 38.8 Å². The minimum Gasteiger partial charge on any atom is -0.473 e. The molecule has 1 aromatic heterocycles. The number of rotatable bonds is 11. The lowest BCUT2D eigenvalue weighted by molar-refractivity contribution is -0.203. The normalized spacial score (nSPS) is 24.3. The molecule has 0 aliphatic carbocycles. The first-order chi connectivity index (χ1) is 20.4. The number of hydrogen-bond acceptors (Lipinski definition) is 10. The van der Waals surface area contributed by atoms with Gasteiger partial charge in [0.15, 0.2) is 6.29 Å². The van der Waals surface area contributed by atoms with Crippen molar-refractivity contribution < 1.29 is 41.8 Å². The van der Waals surface area contributed by atoms with Gasteiger partial charge in [0.1, 0.15) is 24.2 Å². The molecule has 3 fully saturated rings. The molecule has 2 aromatic rings. The van der Waals surface area contributed by atoms with Gasteiger partial charge in [0.2, 0.25) is 15.9 Å². The summed E-state index contributed by atoms with van der Waals surface area (Å²) in [5, 5.41) is 0. The zero-order valence-electron chi connectivity index (χ0n) is 23.4. The topological polar surface area (TPSA) is 146 Å². The zero-order chi connectivity index (χ0) is 29.5. The minimum atomic E-state index is -4.21. The van der Waals surface area contributed by atoms with E-state index in [1.807, 2.05) is 30.3 Å². The van der Waals surface area contributed by atoms with Crippen molar-refractivity contribution in [2.45, 2.75) is 68.0 Å². The van der Waals surface area contributed by atoms with E-state index >= 15 is 0 Å². The van der Waals surface area contributed by atoms with Crippen LogP contribution >= 0.6 is 0 Å². The highest BCUT2D eigenvalue weighted by Gasteiger charge is 2.55. The molecule has 228 valence electrons. The molecule has 1 aromatic carbocycles. The zero-order valence-corrected chi connectivity index (χ0v) is 24.2. The van der Waals surface area contributed by atoms with Crippen LogP contribution in [0.25, 0.3) is 0 Å². The van der Waals surface area contributed by atoms with Crippen LogP contribution in [0.15, 0.2) is 53.6 Å². The number of hydroxylamine groups is 1.